The van der Waals surface area contributed by atoms with E-state index in [9.17, 15) is 22.8 Å². The quantitative estimate of drug-likeness (QED) is 0.837. The maximum absolute atomic E-state index is 13.6. The Morgan fingerprint density at radius 2 is 1.96 bits per heavy atom. The third-order valence-electron chi connectivity index (χ3n) is 3.54. The van der Waals surface area contributed by atoms with Crippen LogP contribution in [0.25, 0.3) is 0 Å². The minimum Gasteiger partial charge on any atom is -0.353 e. The molecule has 0 saturated carbocycles. The zero-order valence-electron chi connectivity index (χ0n) is 12.8. The highest BCUT2D eigenvalue weighted by Gasteiger charge is 2.33. The zero-order chi connectivity index (χ0) is 17.1. The summed E-state index contributed by atoms with van der Waals surface area (Å²) in [5, 5.41) is 4.87. The lowest BCUT2D eigenvalue weighted by Crippen LogP contribution is -2.58. The van der Waals surface area contributed by atoms with Crippen molar-refractivity contribution in [2.45, 2.75) is 26.3 Å². The summed E-state index contributed by atoms with van der Waals surface area (Å²) in [5.74, 6) is -3.81. The first kappa shape index (κ1) is 17.1. The molecule has 1 atom stereocenters. The van der Waals surface area contributed by atoms with E-state index < -0.39 is 35.2 Å². The first-order valence-corrected chi connectivity index (χ1v) is 7.29. The summed E-state index contributed by atoms with van der Waals surface area (Å²) in [4.78, 5) is 25.5. The molecule has 1 unspecified atom stereocenters. The van der Waals surface area contributed by atoms with Gasteiger partial charge in [0.2, 0.25) is 5.91 Å². The molecular weight excluding hydrogens is 311 g/mol. The molecule has 1 heterocycles. The van der Waals surface area contributed by atoms with Crippen LogP contribution in [0.2, 0.25) is 0 Å². The molecule has 1 aromatic carbocycles. The van der Waals surface area contributed by atoms with Gasteiger partial charge in [0.05, 0.1) is 5.69 Å². The second-order valence-electron chi connectivity index (χ2n) is 5.81. The molecule has 5 nitrogen and oxygen atoms in total. The normalized spacial score (nSPS) is 18.1. The predicted octanol–water partition coefficient (Wildman–Crippen LogP) is 2.48. The molecular formula is C15H18F3N3O2. The fourth-order valence-electron chi connectivity index (χ4n) is 2.44. The summed E-state index contributed by atoms with van der Waals surface area (Å²) < 4.78 is 39.7. The van der Waals surface area contributed by atoms with Gasteiger partial charge in [-0.05, 0) is 12.3 Å². The monoisotopic (exact) mass is 329 g/mol. The average Bonchev–Trinajstić information content (AvgIpc) is 2.46. The Morgan fingerprint density at radius 1 is 1.30 bits per heavy atom. The van der Waals surface area contributed by atoms with Gasteiger partial charge in [0.25, 0.3) is 0 Å². The summed E-state index contributed by atoms with van der Waals surface area (Å²) in [6.45, 7) is 4.35. The molecule has 3 amide bonds. The van der Waals surface area contributed by atoms with Crippen LogP contribution in [0.15, 0.2) is 12.1 Å². The number of amides is 3. The summed E-state index contributed by atoms with van der Waals surface area (Å²) >= 11 is 0. The van der Waals surface area contributed by atoms with Crippen molar-refractivity contribution in [2.75, 3.05) is 18.4 Å². The highest BCUT2D eigenvalue weighted by atomic mass is 19.2. The Morgan fingerprint density at radius 3 is 2.61 bits per heavy atom. The smallest absolute Gasteiger partial charge is 0.322 e. The second kappa shape index (κ2) is 6.89. The molecule has 1 saturated heterocycles. The van der Waals surface area contributed by atoms with Crippen LogP contribution in [0.5, 0.6) is 0 Å². The van der Waals surface area contributed by atoms with Gasteiger partial charge in [0, 0.05) is 25.2 Å². The van der Waals surface area contributed by atoms with Crippen LogP contribution in [-0.2, 0) is 4.79 Å². The van der Waals surface area contributed by atoms with Crippen molar-refractivity contribution in [3.63, 3.8) is 0 Å². The van der Waals surface area contributed by atoms with Crippen LogP contribution < -0.4 is 10.6 Å². The van der Waals surface area contributed by atoms with E-state index in [0.717, 1.165) is 0 Å². The van der Waals surface area contributed by atoms with Crippen LogP contribution in [-0.4, -0.2) is 36.0 Å². The van der Waals surface area contributed by atoms with Crippen molar-refractivity contribution in [3.8, 4) is 0 Å². The number of nitrogens with one attached hydrogen (secondary N) is 2. The van der Waals surface area contributed by atoms with Crippen molar-refractivity contribution in [1.82, 2.24) is 10.2 Å². The van der Waals surface area contributed by atoms with Gasteiger partial charge in [-0.3, -0.25) is 4.79 Å². The molecule has 0 aliphatic carbocycles. The number of hydrogen-bond acceptors (Lipinski definition) is 2. The molecule has 23 heavy (non-hydrogen) atoms. The predicted molar refractivity (Wildman–Crippen MR) is 78.3 cm³/mol. The Labute approximate surface area is 131 Å². The van der Waals surface area contributed by atoms with Gasteiger partial charge >= 0.3 is 6.03 Å². The molecule has 8 heteroatoms. The minimum absolute atomic E-state index is 0.166. The fourth-order valence-corrected chi connectivity index (χ4v) is 2.44. The summed E-state index contributed by atoms with van der Waals surface area (Å²) in [6, 6.07) is -0.476. The molecule has 126 valence electrons. The number of rotatable bonds is 3. The van der Waals surface area contributed by atoms with Crippen LogP contribution in [0.4, 0.5) is 23.7 Å². The largest absolute Gasteiger partial charge is 0.353 e. The van der Waals surface area contributed by atoms with Gasteiger partial charge in [-0.15, -0.1) is 0 Å². The fraction of sp³-hybridized carbons (Fsp3) is 0.467. The van der Waals surface area contributed by atoms with E-state index in [4.69, 9.17) is 0 Å². The van der Waals surface area contributed by atoms with E-state index in [1.165, 1.54) is 4.90 Å². The number of halogens is 3. The topological polar surface area (TPSA) is 61.4 Å². The van der Waals surface area contributed by atoms with Crippen LogP contribution in [0.1, 0.15) is 20.3 Å². The third kappa shape index (κ3) is 3.94. The van der Waals surface area contributed by atoms with Gasteiger partial charge < -0.3 is 15.5 Å². The standard InChI is InChI=1S/C15H18F3N3O2/c1-8(2)5-13-14(22)19-3-4-21(13)15(23)20-12-7-10(17)9(16)6-11(12)18/h6-8,13H,3-5H2,1-2H3,(H,19,22)(H,20,23). The van der Waals surface area contributed by atoms with E-state index in [1.54, 1.807) is 0 Å². The molecule has 1 aliphatic rings. The maximum atomic E-state index is 13.6. The van der Waals surface area contributed by atoms with Crippen LogP contribution >= 0.6 is 0 Å². The lowest BCUT2D eigenvalue weighted by atomic mass is 10.0. The third-order valence-corrected chi connectivity index (χ3v) is 3.54. The molecule has 1 aliphatic heterocycles. The Balaban J connectivity index is 2.18. The van der Waals surface area contributed by atoms with Crippen LogP contribution in [0.3, 0.4) is 0 Å². The van der Waals surface area contributed by atoms with Crippen molar-refractivity contribution in [2.24, 2.45) is 5.92 Å². The van der Waals surface area contributed by atoms with Gasteiger partial charge in [-0.2, -0.15) is 0 Å². The molecule has 0 aromatic heterocycles. The summed E-state index contributed by atoms with van der Waals surface area (Å²) in [7, 11) is 0. The number of piperazine rings is 1. The molecule has 0 spiro atoms. The second-order valence-corrected chi connectivity index (χ2v) is 5.81. The Kier molecular flexibility index (Phi) is 5.12. The van der Waals surface area contributed by atoms with E-state index in [0.29, 0.717) is 18.6 Å². The first-order valence-electron chi connectivity index (χ1n) is 7.29. The van der Waals surface area contributed by atoms with E-state index in [2.05, 4.69) is 10.6 Å². The number of anilines is 1. The Hall–Kier alpha value is -2.25. The average molecular weight is 329 g/mol. The number of nitrogens with zero attached hydrogens (tertiary/aromatic N) is 1. The van der Waals surface area contributed by atoms with Gasteiger partial charge in [-0.25, -0.2) is 18.0 Å². The van der Waals surface area contributed by atoms with Crippen molar-refractivity contribution >= 4 is 17.6 Å². The molecule has 0 bridgehead atoms. The van der Waals surface area contributed by atoms with Gasteiger partial charge in [-0.1, -0.05) is 13.8 Å². The van der Waals surface area contributed by atoms with Crippen molar-refractivity contribution in [3.05, 3.63) is 29.6 Å². The highest BCUT2D eigenvalue weighted by molar-refractivity contribution is 5.94. The number of carbonyl (C=O) groups excluding carboxylic acids is 2. The van der Waals surface area contributed by atoms with Crippen LogP contribution in [0, 0.1) is 23.4 Å². The van der Waals surface area contributed by atoms with Crippen molar-refractivity contribution in [1.29, 1.82) is 0 Å². The summed E-state index contributed by atoms with van der Waals surface area (Å²) in [5.41, 5.74) is -0.469. The molecule has 2 N–H and O–H groups in total. The molecule has 1 aromatic rings. The molecule has 1 fully saturated rings. The minimum atomic E-state index is -1.34. The van der Waals surface area contributed by atoms with E-state index >= 15 is 0 Å². The maximum Gasteiger partial charge on any atom is 0.322 e. The number of hydrogen-bond donors (Lipinski definition) is 2. The number of benzene rings is 1. The number of carbonyl (C=O) groups is 2. The highest BCUT2D eigenvalue weighted by Crippen LogP contribution is 2.21. The van der Waals surface area contributed by atoms with Gasteiger partial charge in [0.15, 0.2) is 11.6 Å². The summed E-state index contributed by atoms with van der Waals surface area (Å²) in [6.07, 6.45) is 0.444. The number of urea groups is 1. The Bertz CT molecular complexity index is 622. The van der Waals surface area contributed by atoms with Crippen molar-refractivity contribution < 1.29 is 22.8 Å². The SMILES string of the molecule is CC(C)CC1C(=O)NCCN1C(=O)Nc1cc(F)c(F)cc1F. The van der Waals surface area contributed by atoms with E-state index in [1.807, 2.05) is 13.8 Å². The first-order chi connectivity index (χ1) is 10.8. The molecule has 0 radical (unpaired) electrons. The molecule has 2 rings (SSSR count). The van der Waals surface area contributed by atoms with Gasteiger partial charge in [0.1, 0.15) is 11.9 Å². The van der Waals surface area contributed by atoms with E-state index in [-0.39, 0.29) is 24.9 Å². The lowest BCUT2D eigenvalue weighted by Gasteiger charge is -2.35. The zero-order valence-corrected chi connectivity index (χ0v) is 12.8. The lowest BCUT2D eigenvalue weighted by molar-refractivity contribution is -0.128.